The maximum absolute atomic E-state index is 2.39. The predicted molar refractivity (Wildman–Crippen MR) is 217 cm³/mol. The lowest BCUT2D eigenvalue weighted by Crippen LogP contribution is -2.09. The fraction of sp³-hybridized carbons (Fsp3) is 0. The first kappa shape index (κ1) is 28.8. The summed E-state index contributed by atoms with van der Waals surface area (Å²) in [6, 6.07) is 68.7. The number of nitrogens with zero attached hydrogens (tertiary/aromatic N) is 1. The van der Waals surface area contributed by atoms with Gasteiger partial charge in [-0.15, -0.1) is 11.3 Å². The number of fused-ring (bicyclic) bond motifs is 7. The van der Waals surface area contributed by atoms with E-state index in [1.807, 2.05) is 11.3 Å². The molecule has 10 aromatic rings. The van der Waals surface area contributed by atoms with E-state index in [0.29, 0.717) is 0 Å². The molecule has 0 N–H and O–H groups in total. The van der Waals surface area contributed by atoms with Gasteiger partial charge in [0.15, 0.2) is 0 Å². The molecule has 234 valence electrons. The first-order valence-electron chi connectivity index (χ1n) is 17.1. The molecule has 0 unspecified atom stereocenters. The Morgan fingerprint density at radius 1 is 0.320 bits per heavy atom. The highest BCUT2D eigenvalue weighted by molar-refractivity contribution is 7.26. The molecule has 0 spiro atoms. The van der Waals surface area contributed by atoms with Gasteiger partial charge in [-0.25, -0.2) is 0 Å². The second-order valence-corrected chi connectivity index (χ2v) is 14.0. The smallest absolute Gasteiger partial charge is 0.0476 e. The first-order chi connectivity index (χ1) is 24.8. The van der Waals surface area contributed by atoms with Crippen molar-refractivity contribution >= 4 is 80.9 Å². The van der Waals surface area contributed by atoms with Crippen molar-refractivity contribution < 1.29 is 0 Å². The van der Waals surface area contributed by atoms with Crippen molar-refractivity contribution in [1.29, 1.82) is 0 Å². The third-order valence-corrected chi connectivity index (χ3v) is 11.2. The van der Waals surface area contributed by atoms with Gasteiger partial charge in [-0.3, -0.25) is 0 Å². The number of rotatable bonds is 5. The predicted octanol–water partition coefficient (Wildman–Crippen LogP) is 14.3. The van der Waals surface area contributed by atoms with Crippen LogP contribution < -0.4 is 4.90 Å². The van der Waals surface area contributed by atoms with Gasteiger partial charge in [0.1, 0.15) is 0 Å². The molecule has 10 rings (SSSR count). The van der Waals surface area contributed by atoms with E-state index in [1.54, 1.807) is 0 Å². The van der Waals surface area contributed by atoms with E-state index in [-0.39, 0.29) is 0 Å². The topological polar surface area (TPSA) is 3.24 Å². The van der Waals surface area contributed by atoms with Gasteiger partial charge in [-0.2, -0.15) is 0 Å². The van der Waals surface area contributed by atoms with E-state index in [0.717, 1.165) is 17.1 Å². The molecule has 1 aromatic heterocycles. The third kappa shape index (κ3) is 4.84. The van der Waals surface area contributed by atoms with Crippen LogP contribution in [-0.4, -0.2) is 0 Å². The Labute approximate surface area is 294 Å². The Hall–Kier alpha value is -6.22. The Morgan fingerprint density at radius 3 is 1.68 bits per heavy atom. The molecular weight excluding hydrogens is 623 g/mol. The summed E-state index contributed by atoms with van der Waals surface area (Å²) in [5.41, 5.74) is 8.31. The summed E-state index contributed by atoms with van der Waals surface area (Å²) in [6.45, 7) is 0. The Kier molecular flexibility index (Phi) is 6.75. The van der Waals surface area contributed by atoms with Gasteiger partial charge in [0.25, 0.3) is 0 Å². The molecule has 0 atom stereocenters. The third-order valence-electron chi connectivity index (χ3n) is 10.0. The highest BCUT2D eigenvalue weighted by Gasteiger charge is 2.17. The minimum atomic E-state index is 1.13. The van der Waals surface area contributed by atoms with Crippen LogP contribution in [-0.2, 0) is 0 Å². The van der Waals surface area contributed by atoms with Gasteiger partial charge in [0.05, 0.1) is 0 Å². The van der Waals surface area contributed by atoms with E-state index in [9.17, 15) is 0 Å². The van der Waals surface area contributed by atoms with Crippen LogP contribution in [0, 0.1) is 0 Å². The van der Waals surface area contributed by atoms with Crippen LogP contribution in [0.1, 0.15) is 0 Å². The maximum Gasteiger partial charge on any atom is 0.0476 e. The maximum atomic E-state index is 2.39. The molecule has 0 fully saturated rings. The van der Waals surface area contributed by atoms with Crippen LogP contribution in [0.2, 0.25) is 0 Å². The normalized spacial score (nSPS) is 11.6. The largest absolute Gasteiger partial charge is 0.310 e. The monoisotopic (exact) mass is 653 g/mol. The minimum absolute atomic E-state index is 1.13. The van der Waals surface area contributed by atoms with Crippen LogP contribution in [0.5, 0.6) is 0 Å². The van der Waals surface area contributed by atoms with E-state index in [2.05, 4.69) is 193 Å². The zero-order chi connectivity index (χ0) is 33.0. The lowest BCUT2D eigenvalue weighted by Gasteiger charge is -2.26. The molecule has 0 bridgehead atoms. The van der Waals surface area contributed by atoms with E-state index < -0.39 is 0 Å². The molecule has 2 heteroatoms. The number of benzene rings is 9. The second-order valence-electron chi connectivity index (χ2n) is 13.0. The number of thiophene rings is 1. The highest BCUT2D eigenvalue weighted by atomic mass is 32.1. The van der Waals surface area contributed by atoms with Gasteiger partial charge in [0, 0.05) is 37.2 Å². The van der Waals surface area contributed by atoms with Crippen LogP contribution >= 0.6 is 11.3 Å². The average molecular weight is 654 g/mol. The van der Waals surface area contributed by atoms with Gasteiger partial charge in [-0.1, -0.05) is 146 Å². The van der Waals surface area contributed by atoms with E-state index in [4.69, 9.17) is 0 Å². The lowest BCUT2D eigenvalue weighted by atomic mass is 9.96. The summed E-state index contributed by atoms with van der Waals surface area (Å²) in [6.07, 6.45) is 0. The summed E-state index contributed by atoms with van der Waals surface area (Å²) in [7, 11) is 0. The van der Waals surface area contributed by atoms with E-state index >= 15 is 0 Å². The molecule has 0 radical (unpaired) electrons. The van der Waals surface area contributed by atoms with Crippen molar-refractivity contribution in [2.24, 2.45) is 0 Å². The van der Waals surface area contributed by atoms with Gasteiger partial charge in [-0.05, 0) is 97.0 Å². The standard InChI is InChI=1S/C48H31NS/c1-2-11-38-30-40(26-22-32(38)8-1)49(41-27-28-45-47(31-41)50-46-29-23-36-10-4-6-14-44(36)48(45)46)39-24-20-34(21-25-39)33-16-18-37(19-17-33)43-15-7-12-35-9-3-5-13-42(35)43/h1-31H. The second kappa shape index (κ2) is 11.7. The molecule has 9 aromatic carbocycles. The molecule has 0 aliphatic heterocycles. The van der Waals surface area contributed by atoms with Crippen molar-refractivity contribution in [3.05, 3.63) is 188 Å². The fourth-order valence-corrected chi connectivity index (χ4v) is 8.71. The number of anilines is 3. The summed E-state index contributed by atoms with van der Waals surface area (Å²) in [4.78, 5) is 2.39. The average Bonchev–Trinajstić information content (AvgIpc) is 3.57. The summed E-state index contributed by atoms with van der Waals surface area (Å²) in [5, 5.41) is 10.3. The van der Waals surface area contributed by atoms with Crippen LogP contribution in [0.25, 0.3) is 74.7 Å². The van der Waals surface area contributed by atoms with Crippen LogP contribution in [0.3, 0.4) is 0 Å². The number of hydrogen-bond donors (Lipinski definition) is 0. The van der Waals surface area contributed by atoms with E-state index in [1.165, 1.54) is 74.7 Å². The SMILES string of the molecule is c1ccc2cc(N(c3ccc(-c4ccc(-c5cccc6ccccc56)cc4)cc3)c3ccc4c(c3)sc3ccc5ccccc5c34)ccc2c1. The van der Waals surface area contributed by atoms with Crippen LogP contribution in [0.15, 0.2) is 188 Å². The van der Waals surface area contributed by atoms with Crippen molar-refractivity contribution in [3.8, 4) is 22.3 Å². The van der Waals surface area contributed by atoms with Crippen molar-refractivity contribution in [3.63, 3.8) is 0 Å². The lowest BCUT2D eigenvalue weighted by molar-refractivity contribution is 1.30. The molecule has 50 heavy (non-hydrogen) atoms. The van der Waals surface area contributed by atoms with Gasteiger partial charge < -0.3 is 4.90 Å². The molecular formula is C48H31NS. The zero-order valence-corrected chi connectivity index (χ0v) is 28.1. The molecule has 0 saturated carbocycles. The molecule has 1 nitrogen and oxygen atoms in total. The molecule has 1 heterocycles. The van der Waals surface area contributed by atoms with Crippen molar-refractivity contribution in [1.82, 2.24) is 0 Å². The Bertz CT molecular complexity index is 2860. The highest BCUT2D eigenvalue weighted by Crippen LogP contribution is 2.43. The Morgan fingerprint density at radius 2 is 0.880 bits per heavy atom. The minimum Gasteiger partial charge on any atom is -0.310 e. The summed E-state index contributed by atoms with van der Waals surface area (Å²) in [5.74, 6) is 0. The van der Waals surface area contributed by atoms with Gasteiger partial charge in [0.2, 0.25) is 0 Å². The van der Waals surface area contributed by atoms with Crippen molar-refractivity contribution in [2.45, 2.75) is 0 Å². The molecule has 0 saturated heterocycles. The molecule has 0 aliphatic rings. The first-order valence-corrected chi connectivity index (χ1v) is 17.9. The Balaban J connectivity index is 1.05. The number of hydrogen-bond acceptors (Lipinski definition) is 2. The molecule has 0 aliphatic carbocycles. The summed E-state index contributed by atoms with van der Waals surface area (Å²) >= 11 is 1.87. The van der Waals surface area contributed by atoms with Crippen molar-refractivity contribution in [2.75, 3.05) is 4.90 Å². The zero-order valence-electron chi connectivity index (χ0n) is 27.3. The van der Waals surface area contributed by atoms with Gasteiger partial charge >= 0.3 is 0 Å². The quantitative estimate of drug-likeness (QED) is 0.179. The van der Waals surface area contributed by atoms with Crippen LogP contribution in [0.4, 0.5) is 17.1 Å². The molecule has 0 amide bonds. The fourth-order valence-electron chi connectivity index (χ4n) is 7.56. The summed E-state index contributed by atoms with van der Waals surface area (Å²) < 4.78 is 2.62.